The van der Waals surface area contributed by atoms with Crippen LogP contribution in [0.3, 0.4) is 0 Å². The van der Waals surface area contributed by atoms with Crippen LogP contribution in [0.5, 0.6) is 0 Å². The number of carbonyl (C=O) groups is 1. The number of esters is 1. The second kappa shape index (κ2) is 4.55. The van der Waals surface area contributed by atoms with Crippen molar-refractivity contribution in [3.63, 3.8) is 0 Å². The molecule has 0 aromatic rings. The highest BCUT2D eigenvalue weighted by atomic mass is 16.5. The second-order valence-corrected chi connectivity index (χ2v) is 4.58. The molecule has 0 unspecified atom stereocenters. The summed E-state index contributed by atoms with van der Waals surface area (Å²) in [4.78, 5) is 11.5. The largest absolute Gasteiger partial charge is 0.469 e. The van der Waals surface area contributed by atoms with Crippen LogP contribution in [-0.2, 0) is 9.53 Å². The molecule has 3 atom stereocenters. The van der Waals surface area contributed by atoms with Gasteiger partial charge in [0.15, 0.2) is 0 Å². The van der Waals surface area contributed by atoms with E-state index < -0.39 is 24.1 Å². The molecule has 0 aromatic carbocycles. The topological polar surface area (TPSA) is 66.8 Å². The van der Waals surface area contributed by atoms with Gasteiger partial charge in [-0.25, -0.2) is 0 Å². The van der Waals surface area contributed by atoms with Crippen molar-refractivity contribution < 1.29 is 19.7 Å². The molecule has 90 valence electrons. The minimum absolute atomic E-state index is 0.284. The van der Waals surface area contributed by atoms with Crippen LogP contribution in [-0.4, -0.2) is 35.5 Å². The van der Waals surface area contributed by atoms with E-state index in [1.807, 2.05) is 0 Å². The monoisotopic (exact) mass is 226 g/mol. The predicted octanol–water partition coefficient (Wildman–Crippen LogP) is 0.772. The Labute approximate surface area is 94.9 Å². The smallest absolute Gasteiger partial charge is 0.311 e. The molecule has 0 heterocycles. The number of aliphatic hydroxyl groups is 2. The molecule has 0 aliphatic heterocycles. The fraction of sp³-hybridized carbons (Fsp3) is 0.750. The minimum atomic E-state index is -0.758. The quantitative estimate of drug-likeness (QED) is 0.512. The van der Waals surface area contributed by atoms with Gasteiger partial charge in [0, 0.05) is 0 Å². The van der Waals surface area contributed by atoms with Gasteiger partial charge in [-0.1, -0.05) is 0 Å². The summed E-state index contributed by atoms with van der Waals surface area (Å²) in [6.07, 6.45) is 2.67. The maximum atomic E-state index is 11.5. The van der Waals surface area contributed by atoms with Crippen molar-refractivity contribution in [3.05, 3.63) is 11.1 Å². The van der Waals surface area contributed by atoms with Gasteiger partial charge in [-0.15, -0.1) is 0 Å². The van der Waals surface area contributed by atoms with Gasteiger partial charge in [-0.05, 0) is 43.3 Å². The molecular weight excluding hydrogens is 208 g/mol. The Hall–Kier alpha value is -0.870. The molecule has 2 rings (SSSR count). The molecule has 0 radical (unpaired) electrons. The third-order valence-corrected chi connectivity index (χ3v) is 3.68. The van der Waals surface area contributed by atoms with Crippen LogP contribution in [0, 0.1) is 5.92 Å². The lowest BCUT2D eigenvalue weighted by Crippen LogP contribution is -2.40. The standard InChI is InChI=1S/C12H18O4/c1-16-12(15)9-6-10(13)7-4-2-3-5-8(7)11(9)14/h9-11,13-14H,2-6H2,1H3/t9-,10-,11-/m1/s1. The van der Waals surface area contributed by atoms with Crippen molar-refractivity contribution in [2.75, 3.05) is 7.11 Å². The van der Waals surface area contributed by atoms with E-state index in [1.165, 1.54) is 7.11 Å². The van der Waals surface area contributed by atoms with Crippen LogP contribution in [0.4, 0.5) is 0 Å². The highest BCUT2D eigenvalue weighted by molar-refractivity contribution is 5.74. The Morgan fingerprint density at radius 3 is 2.50 bits per heavy atom. The maximum absolute atomic E-state index is 11.5. The van der Waals surface area contributed by atoms with Crippen LogP contribution in [0.1, 0.15) is 32.1 Å². The van der Waals surface area contributed by atoms with E-state index in [1.54, 1.807) is 0 Å². The Morgan fingerprint density at radius 2 is 1.88 bits per heavy atom. The number of aliphatic hydroxyl groups excluding tert-OH is 2. The molecule has 4 nitrogen and oxygen atoms in total. The van der Waals surface area contributed by atoms with Crippen LogP contribution >= 0.6 is 0 Å². The first kappa shape index (κ1) is 11.6. The molecule has 0 bridgehead atoms. The van der Waals surface area contributed by atoms with Gasteiger partial charge in [0.2, 0.25) is 0 Å². The number of hydrogen-bond acceptors (Lipinski definition) is 4. The molecule has 16 heavy (non-hydrogen) atoms. The third kappa shape index (κ3) is 1.87. The van der Waals surface area contributed by atoms with E-state index in [0.29, 0.717) is 0 Å². The molecule has 0 aromatic heterocycles. The first-order valence-electron chi connectivity index (χ1n) is 5.81. The van der Waals surface area contributed by atoms with E-state index in [9.17, 15) is 15.0 Å². The van der Waals surface area contributed by atoms with E-state index in [-0.39, 0.29) is 6.42 Å². The number of carbonyl (C=O) groups excluding carboxylic acids is 1. The Bertz CT molecular complexity index is 321. The molecular formula is C12H18O4. The van der Waals surface area contributed by atoms with E-state index in [2.05, 4.69) is 4.74 Å². The zero-order chi connectivity index (χ0) is 11.7. The van der Waals surface area contributed by atoms with E-state index >= 15 is 0 Å². The van der Waals surface area contributed by atoms with Gasteiger partial charge in [0.05, 0.1) is 25.2 Å². The van der Waals surface area contributed by atoms with E-state index in [4.69, 9.17) is 0 Å². The van der Waals surface area contributed by atoms with Crippen LogP contribution in [0.15, 0.2) is 11.1 Å². The van der Waals surface area contributed by atoms with Crippen molar-refractivity contribution in [1.29, 1.82) is 0 Å². The summed E-state index contributed by atoms with van der Waals surface area (Å²) < 4.78 is 4.66. The predicted molar refractivity (Wildman–Crippen MR) is 57.6 cm³/mol. The van der Waals surface area contributed by atoms with Gasteiger partial charge < -0.3 is 14.9 Å². The zero-order valence-electron chi connectivity index (χ0n) is 9.48. The normalized spacial score (nSPS) is 34.6. The molecule has 2 aliphatic rings. The maximum Gasteiger partial charge on any atom is 0.311 e. The highest BCUT2D eigenvalue weighted by Crippen LogP contribution is 2.38. The lowest BCUT2D eigenvalue weighted by molar-refractivity contribution is -0.150. The summed E-state index contributed by atoms with van der Waals surface area (Å²) >= 11 is 0. The summed E-state index contributed by atoms with van der Waals surface area (Å²) in [5.41, 5.74) is 1.83. The first-order valence-corrected chi connectivity index (χ1v) is 5.81. The van der Waals surface area contributed by atoms with Crippen molar-refractivity contribution in [1.82, 2.24) is 0 Å². The fourth-order valence-electron chi connectivity index (χ4n) is 2.80. The SMILES string of the molecule is COC(=O)[C@@H]1C[C@@H](O)C2=C(CCCC2)[C@H]1O. The average Bonchev–Trinajstić information content (AvgIpc) is 2.33. The van der Waals surface area contributed by atoms with Gasteiger partial charge in [-0.2, -0.15) is 0 Å². The fourth-order valence-corrected chi connectivity index (χ4v) is 2.80. The van der Waals surface area contributed by atoms with Crippen molar-refractivity contribution >= 4 is 5.97 Å². The molecule has 2 aliphatic carbocycles. The average molecular weight is 226 g/mol. The van der Waals surface area contributed by atoms with Gasteiger partial charge in [0.1, 0.15) is 0 Å². The summed E-state index contributed by atoms with van der Waals surface area (Å²) in [7, 11) is 1.31. The lowest BCUT2D eigenvalue weighted by Gasteiger charge is -2.36. The van der Waals surface area contributed by atoms with Crippen molar-refractivity contribution in [2.45, 2.75) is 44.3 Å². The lowest BCUT2D eigenvalue weighted by atomic mass is 9.74. The molecule has 0 saturated heterocycles. The van der Waals surface area contributed by atoms with E-state index in [0.717, 1.165) is 36.8 Å². The molecule has 0 saturated carbocycles. The van der Waals surface area contributed by atoms with Gasteiger partial charge in [-0.3, -0.25) is 4.79 Å². The molecule has 0 fully saturated rings. The molecule has 0 spiro atoms. The third-order valence-electron chi connectivity index (χ3n) is 3.68. The summed E-state index contributed by atoms with van der Waals surface area (Å²) in [6, 6.07) is 0. The summed E-state index contributed by atoms with van der Waals surface area (Å²) in [6.45, 7) is 0. The van der Waals surface area contributed by atoms with Crippen molar-refractivity contribution in [3.8, 4) is 0 Å². The second-order valence-electron chi connectivity index (χ2n) is 4.58. The van der Waals surface area contributed by atoms with Crippen LogP contribution in [0.2, 0.25) is 0 Å². The minimum Gasteiger partial charge on any atom is -0.469 e. The first-order chi connectivity index (χ1) is 7.65. The van der Waals surface area contributed by atoms with Crippen LogP contribution in [0.25, 0.3) is 0 Å². The number of methoxy groups -OCH3 is 1. The van der Waals surface area contributed by atoms with Gasteiger partial charge >= 0.3 is 5.97 Å². The molecule has 0 amide bonds. The van der Waals surface area contributed by atoms with Crippen molar-refractivity contribution in [2.24, 2.45) is 5.92 Å². The van der Waals surface area contributed by atoms with Crippen LogP contribution < -0.4 is 0 Å². The Balaban J connectivity index is 2.26. The zero-order valence-corrected chi connectivity index (χ0v) is 9.48. The summed E-state index contributed by atoms with van der Waals surface area (Å²) in [5, 5.41) is 20.1. The highest BCUT2D eigenvalue weighted by Gasteiger charge is 2.40. The summed E-state index contributed by atoms with van der Waals surface area (Å²) in [5.74, 6) is -1.03. The number of rotatable bonds is 1. The van der Waals surface area contributed by atoms with Gasteiger partial charge in [0.25, 0.3) is 0 Å². The Morgan fingerprint density at radius 1 is 1.25 bits per heavy atom. The molecule has 4 heteroatoms. The number of ether oxygens (including phenoxy) is 1. The number of hydrogen-bond donors (Lipinski definition) is 2. The molecule has 2 N–H and O–H groups in total. The Kier molecular flexibility index (Phi) is 3.30.